The summed E-state index contributed by atoms with van der Waals surface area (Å²) in [4.78, 5) is 34.9. The zero-order valence-electron chi connectivity index (χ0n) is 11.1. The number of carbonyl (C=O) groups excluding carboxylic acids is 1. The van der Waals surface area contributed by atoms with Crippen LogP contribution in [0.2, 0.25) is 0 Å². The molecular formula is C15H16O5. The number of carboxylic acid groups (broad SMARTS) is 2. The first-order chi connectivity index (χ1) is 9.43. The van der Waals surface area contributed by atoms with Crippen LogP contribution < -0.4 is 0 Å². The second kappa shape index (κ2) is 5.45. The maximum absolute atomic E-state index is 12.2. The largest absolute Gasteiger partial charge is 0.481 e. The van der Waals surface area contributed by atoms with E-state index in [1.165, 1.54) is 0 Å². The van der Waals surface area contributed by atoms with Crippen molar-refractivity contribution in [3.05, 3.63) is 35.4 Å². The van der Waals surface area contributed by atoms with E-state index in [0.29, 0.717) is 5.56 Å². The van der Waals surface area contributed by atoms with Crippen LogP contribution >= 0.6 is 0 Å². The molecule has 0 saturated heterocycles. The van der Waals surface area contributed by atoms with Crippen LogP contribution in [0.15, 0.2) is 24.3 Å². The Kier molecular flexibility index (Phi) is 3.88. The van der Waals surface area contributed by atoms with E-state index in [-0.39, 0.29) is 18.6 Å². The molecule has 0 amide bonds. The molecule has 0 heterocycles. The number of hydrogen-bond acceptors (Lipinski definition) is 3. The number of carboxylic acids is 2. The fraction of sp³-hybridized carbons (Fsp3) is 0.400. The van der Waals surface area contributed by atoms with E-state index in [4.69, 9.17) is 0 Å². The number of Topliss-reactive ketones (excluding diaryl/α,β-unsaturated/α-hetero) is 1. The van der Waals surface area contributed by atoms with Gasteiger partial charge in [-0.1, -0.05) is 24.3 Å². The fourth-order valence-corrected chi connectivity index (χ4v) is 2.96. The van der Waals surface area contributed by atoms with Gasteiger partial charge in [0.1, 0.15) is 5.78 Å². The van der Waals surface area contributed by atoms with E-state index in [1.807, 2.05) is 0 Å². The van der Waals surface area contributed by atoms with Gasteiger partial charge in [0, 0.05) is 6.42 Å². The highest BCUT2D eigenvalue weighted by molar-refractivity contribution is 5.95. The third kappa shape index (κ3) is 2.43. The molecule has 20 heavy (non-hydrogen) atoms. The average molecular weight is 276 g/mol. The van der Waals surface area contributed by atoms with E-state index < -0.39 is 29.7 Å². The van der Waals surface area contributed by atoms with Crippen LogP contribution in [0, 0.1) is 18.8 Å². The van der Waals surface area contributed by atoms with Crippen LogP contribution in [0.25, 0.3) is 0 Å². The third-order valence-corrected chi connectivity index (χ3v) is 3.97. The molecule has 5 nitrogen and oxygen atoms in total. The van der Waals surface area contributed by atoms with Crippen LogP contribution in [0.5, 0.6) is 0 Å². The number of aryl methyl sites for hydroxylation is 1. The number of aliphatic carboxylic acids is 2. The summed E-state index contributed by atoms with van der Waals surface area (Å²) in [6.07, 6.45) is 0.202. The predicted octanol–water partition coefficient (Wildman–Crippen LogP) is 1.84. The van der Waals surface area contributed by atoms with Crippen LogP contribution in [-0.2, 0) is 14.4 Å². The minimum atomic E-state index is -1.22. The Hall–Kier alpha value is -2.17. The lowest BCUT2D eigenvalue weighted by Gasteiger charge is -2.33. The summed E-state index contributed by atoms with van der Waals surface area (Å²) in [5, 5.41) is 18.6. The SMILES string of the molecule is Cc1ccccc1[C@H]1C(=O)CC[C@@H](C(=O)O)[C@@H]1C(=O)O. The van der Waals surface area contributed by atoms with Gasteiger partial charge in [0.2, 0.25) is 0 Å². The summed E-state index contributed by atoms with van der Waals surface area (Å²) < 4.78 is 0. The van der Waals surface area contributed by atoms with Crippen molar-refractivity contribution in [3.63, 3.8) is 0 Å². The molecular weight excluding hydrogens is 260 g/mol. The highest BCUT2D eigenvalue weighted by Gasteiger charge is 2.47. The van der Waals surface area contributed by atoms with Gasteiger partial charge in [0.05, 0.1) is 17.8 Å². The van der Waals surface area contributed by atoms with Crippen molar-refractivity contribution in [3.8, 4) is 0 Å². The molecule has 0 unspecified atom stereocenters. The van der Waals surface area contributed by atoms with Crippen molar-refractivity contribution >= 4 is 17.7 Å². The standard InChI is InChI=1S/C15H16O5/c1-8-4-2-3-5-9(8)12-11(16)7-6-10(14(17)18)13(12)15(19)20/h2-5,10,12-13H,6-7H2,1H3,(H,17,18)(H,19,20)/t10-,12+,13+/m1/s1. The molecule has 0 bridgehead atoms. The molecule has 1 aliphatic carbocycles. The normalized spacial score (nSPS) is 26.2. The lowest BCUT2D eigenvalue weighted by atomic mass is 9.68. The van der Waals surface area contributed by atoms with Crippen LogP contribution in [0.1, 0.15) is 29.9 Å². The Bertz CT molecular complexity index is 563. The van der Waals surface area contributed by atoms with E-state index >= 15 is 0 Å². The second-order valence-electron chi connectivity index (χ2n) is 5.15. The molecule has 5 heteroatoms. The third-order valence-electron chi connectivity index (χ3n) is 3.97. The first-order valence-corrected chi connectivity index (χ1v) is 6.47. The Morgan fingerprint density at radius 2 is 1.80 bits per heavy atom. The van der Waals surface area contributed by atoms with Crippen LogP contribution in [-0.4, -0.2) is 27.9 Å². The average Bonchev–Trinajstić information content (AvgIpc) is 2.38. The van der Waals surface area contributed by atoms with Gasteiger partial charge in [-0.3, -0.25) is 14.4 Å². The molecule has 106 valence electrons. The van der Waals surface area contributed by atoms with Crippen LogP contribution in [0.3, 0.4) is 0 Å². The van der Waals surface area contributed by atoms with Gasteiger partial charge in [-0.05, 0) is 24.5 Å². The molecule has 1 saturated carbocycles. The summed E-state index contributed by atoms with van der Waals surface area (Å²) in [5.74, 6) is -5.65. The summed E-state index contributed by atoms with van der Waals surface area (Å²) in [6.45, 7) is 1.80. The first kappa shape index (κ1) is 14.2. The van der Waals surface area contributed by atoms with Gasteiger partial charge < -0.3 is 10.2 Å². The zero-order valence-corrected chi connectivity index (χ0v) is 11.1. The molecule has 1 fully saturated rings. The van der Waals surface area contributed by atoms with E-state index in [2.05, 4.69) is 0 Å². The number of benzene rings is 1. The summed E-state index contributed by atoms with van der Waals surface area (Å²) >= 11 is 0. The highest BCUT2D eigenvalue weighted by atomic mass is 16.4. The molecule has 0 spiro atoms. The molecule has 0 aliphatic heterocycles. The number of rotatable bonds is 3. The van der Waals surface area contributed by atoms with E-state index in [0.717, 1.165) is 5.56 Å². The van der Waals surface area contributed by atoms with Crippen molar-refractivity contribution in [1.82, 2.24) is 0 Å². The minimum Gasteiger partial charge on any atom is -0.481 e. The van der Waals surface area contributed by atoms with Crippen molar-refractivity contribution in [1.29, 1.82) is 0 Å². The van der Waals surface area contributed by atoms with Crippen molar-refractivity contribution in [2.45, 2.75) is 25.7 Å². The van der Waals surface area contributed by atoms with E-state index in [1.54, 1.807) is 31.2 Å². The van der Waals surface area contributed by atoms with Crippen molar-refractivity contribution in [2.24, 2.45) is 11.8 Å². The smallest absolute Gasteiger partial charge is 0.308 e. The molecule has 1 aromatic carbocycles. The molecule has 1 aromatic rings. The molecule has 2 rings (SSSR count). The lowest BCUT2D eigenvalue weighted by Crippen LogP contribution is -2.42. The predicted molar refractivity (Wildman–Crippen MR) is 70.4 cm³/mol. The summed E-state index contributed by atoms with van der Waals surface area (Å²) in [5.41, 5.74) is 1.43. The molecule has 3 atom stereocenters. The minimum absolute atomic E-state index is 0.0908. The molecule has 1 aliphatic rings. The molecule has 0 radical (unpaired) electrons. The molecule has 0 aromatic heterocycles. The summed E-state index contributed by atoms with van der Waals surface area (Å²) in [7, 11) is 0. The Labute approximate surface area is 116 Å². The van der Waals surface area contributed by atoms with Crippen molar-refractivity contribution in [2.75, 3.05) is 0 Å². The topological polar surface area (TPSA) is 91.7 Å². The van der Waals surface area contributed by atoms with Gasteiger partial charge >= 0.3 is 11.9 Å². The van der Waals surface area contributed by atoms with Crippen LogP contribution in [0.4, 0.5) is 0 Å². The van der Waals surface area contributed by atoms with E-state index in [9.17, 15) is 24.6 Å². The second-order valence-corrected chi connectivity index (χ2v) is 5.15. The van der Waals surface area contributed by atoms with Gasteiger partial charge in [0.15, 0.2) is 0 Å². The lowest BCUT2D eigenvalue weighted by molar-refractivity contribution is -0.158. The zero-order chi connectivity index (χ0) is 14.9. The fourth-order valence-electron chi connectivity index (χ4n) is 2.96. The van der Waals surface area contributed by atoms with Gasteiger partial charge in [-0.15, -0.1) is 0 Å². The molecule has 2 N–H and O–H groups in total. The number of carbonyl (C=O) groups is 3. The maximum Gasteiger partial charge on any atom is 0.308 e. The quantitative estimate of drug-likeness (QED) is 0.879. The van der Waals surface area contributed by atoms with Gasteiger partial charge in [-0.25, -0.2) is 0 Å². The van der Waals surface area contributed by atoms with Crippen molar-refractivity contribution < 1.29 is 24.6 Å². The monoisotopic (exact) mass is 276 g/mol. The van der Waals surface area contributed by atoms with Gasteiger partial charge in [0.25, 0.3) is 0 Å². The maximum atomic E-state index is 12.2. The summed E-state index contributed by atoms with van der Waals surface area (Å²) in [6, 6.07) is 7.04. The number of ketones is 1. The Morgan fingerprint density at radius 3 is 2.35 bits per heavy atom. The highest BCUT2D eigenvalue weighted by Crippen LogP contribution is 2.40. The first-order valence-electron chi connectivity index (χ1n) is 6.47. The Morgan fingerprint density at radius 1 is 1.15 bits per heavy atom. The van der Waals surface area contributed by atoms with Gasteiger partial charge in [-0.2, -0.15) is 0 Å². The number of hydrogen-bond donors (Lipinski definition) is 2. The Balaban J connectivity index is 2.51.